The van der Waals surface area contributed by atoms with Gasteiger partial charge >= 0.3 is 0 Å². The van der Waals surface area contributed by atoms with Gasteiger partial charge in [0.2, 0.25) is 0 Å². The van der Waals surface area contributed by atoms with Crippen molar-refractivity contribution < 1.29 is 0 Å². The van der Waals surface area contributed by atoms with Gasteiger partial charge in [0.15, 0.2) is 0 Å². The highest BCUT2D eigenvalue weighted by Gasteiger charge is 2.11. The van der Waals surface area contributed by atoms with E-state index in [1.54, 1.807) is 11.3 Å². The standard InChI is InChI=1S/C13H14N2S/c1-2-3-7-11(15-14)13-9-10-6-4-5-8-12(10)16-13/h1,4-6,8-9,11,15H,3,7,14H2. The molecule has 0 saturated carbocycles. The van der Waals surface area contributed by atoms with Crippen molar-refractivity contribution in [3.63, 3.8) is 0 Å². The van der Waals surface area contributed by atoms with E-state index in [0.717, 1.165) is 12.8 Å². The Kier molecular flexibility index (Phi) is 3.58. The maximum atomic E-state index is 5.56. The van der Waals surface area contributed by atoms with E-state index >= 15 is 0 Å². The summed E-state index contributed by atoms with van der Waals surface area (Å²) in [6.07, 6.45) is 6.88. The molecule has 0 aliphatic rings. The Hall–Kier alpha value is -1.34. The van der Waals surface area contributed by atoms with Gasteiger partial charge in [0.05, 0.1) is 6.04 Å². The highest BCUT2D eigenvalue weighted by Crippen LogP contribution is 2.31. The summed E-state index contributed by atoms with van der Waals surface area (Å²) in [4.78, 5) is 1.25. The molecule has 1 aromatic carbocycles. The van der Waals surface area contributed by atoms with E-state index < -0.39 is 0 Å². The van der Waals surface area contributed by atoms with Crippen LogP contribution in [-0.2, 0) is 0 Å². The van der Waals surface area contributed by atoms with E-state index in [1.165, 1.54) is 15.0 Å². The number of rotatable bonds is 4. The second-order valence-corrected chi connectivity index (χ2v) is 4.76. The van der Waals surface area contributed by atoms with Crippen molar-refractivity contribution in [3.05, 3.63) is 35.2 Å². The molecule has 0 fully saturated rings. The summed E-state index contributed by atoms with van der Waals surface area (Å²) in [5.74, 6) is 8.20. The molecule has 82 valence electrons. The normalized spacial score (nSPS) is 12.5. The van der Waals surface area contributed by atoms with E-state index in [-0.39, 0.29) is 6.04 Å². The Morgan fingerprint density at radius 1 is 1.44 bits per heavy atom. The lowest BCUT2D eigenvalue weighted by Crippen LogP contribution is -2.27. The number of fused-ring (bicyclic) bond motifs is 1. The third-order valence-electron chi connectivity index (χ3n) is 2.57. The molecule has 2 rings (SSSR count). The predicted molar refractivity (Wildman–Crippen MR) is 70.0 cm³/mol. The zero-order valence-electron chi connectivity index (χ0n) is 8.94. The van der Waals surface area contributed by atoms with Gasteiger partial charge < -0.3 is 0 Å². The lowest BCUT2D eigenvalue weighted by Gasteiger charge is -2.11. The van der Waals surface area contributed by atoms with E-state index in [4.69, 9.17) is 12.3 Å². The van der Waals surface area contributed by atoms with Crippen LogP contribution in [0.4, 0.5) is 0 Å². The Morgan fingerprint density at radius 2 is 2.25 bits per heavy atom. The molecular weight excluding hydrogens is 216 g/mol. The summed E-state index contributed by atoms with van der Waals surface area (Å²) in [6, 6.07) is 10.7. The first-order chi connectivity index (χ1) is 7.85. The van der Waals surface area contributed by atoms with Gasteiger partial charge in [-0.15, -0.1) is 23.7 Å². The van der Waals surface area contributed by atoms with Gasteiger partial charge in [-0.3, -0.25) is 11.3 Å². The fraction of sp³-hybridized carbons (Fsp3) is 0.231. The molecule has 0 aliphatic heterocycles. The van der Waals surface area contributed by atoms with Crippen LogP contribution in [0, 0.1) is 12.3 Å². The summed E-state index contributed by atoms with van der Waals surface area (Å²) in [6.45, 7) is 0. The van der Waals surface area contributed by atoms with Crippen LogP contribution in [0.15, 0.2) is 30.3 Å². The van der Waals surface area contributed by atoms with Gasteiger partial charge in [0.25, 0.3) is 0 Å². The van der Waals surface area contributed by atoms with Gasteiger partial charge in [-0.2, -0.15) is 0 Å². The highest BCUT2D eigenvalue weighted by atomic mass is 32.1. The van der Waals surface area contributed by atoms with E-state index in [2.05, 4.69) is 35.6 Å². The summed E-state index contributed by atoms with van der Waals surface area (Å²) in [7, 11) is 0. The second kappa shape index (κ2) is 5.13. The second-order valence-electron chi connectivity index (χ2n) is 3.65. The van der Waals surface area contributed by atoms with Gasteiger partial charge in [-0.05, 0) is 23.9 Å². The molecule has 0 amide bonds. The molecule has 1 unspecified atom stereocenters. The molecule has 16 heavy (non-hydrogen) atoms. The zero-order chi connectivity index (χ0) is 11.4. The van der Waals surface area contributed by atoms with Crippen molar-refractivity contribution in [2.24, 2.45) is 5.84 Å². The van der Waals surface area contributed by atoms with Crippen molar-refractivity contribution in [2.75, 3.05) is 0 Å². The lowest BCUT2D eigenvalue weighted by atomic mass is 10.1. The monoisotopic (exact) mass is 230 g/mol. The Morgan fingerprint density at radius 3 is 2.94 bits per heavy atom. The van der Waals surface area contributed by atoms with E-state index in [0.29, 0.717) is 0 Å². The number of hydrogen-bond acceptors (Lipinski definition) is 3. The van der Waals surface area contributed by atoms with Crippen LogP contribution in [-0.4, -0.2) is 0 Å². The average molecular weight is 230 g/mol. The van der Waals surface area contributed by atoms with E-state index in [1.807, 2.05) is 6.07 Å². The highest BCUT2D eigenvalue weighted by molar-refractivity contribution is 7.19. The Bertz CT molecular complexity index is 477. The quantitative estimate of drug-likeness (QED) is 0.481. The maximum Gasteiger partial charge on any atom is 0.0562 e. The third-order valence-corrected chi connectivity index (χ3v) is 3.80. The topological polar surface area (TPSA) is 38.0 Å². The fourth-order valence-corrected chi connectivity index (χ4v) is 2.87. The predicted octanol–water partition coefficient (Wildman–Crippen LogP) is 2.82. The van der Waals surface area contributed by atoms with Gasteiger partial charge in [0.1, 0.15) is 0 Å². The Labute approximate surface area is 99.4 Å². The summed E-state index contributed by atoms with van der Waals surface area (Å²) in [5, 5.41) is 1.27. The molecule has 3 heteroatoms. The molecule has 0 bridgehead atoms. The van der Waals surface area contributed by atoms with Crippen molar-refractivity contribution in [1.29, 1.82) is 0 Å². The first-order valence-electron chi connectivity index (χ1n) is 5.23. The smallest absolute Gasteiger partial charge is 0.0562 e. The first kappa shape index (κ1) is 11.2. The zero-order valence-corrected chi connectivity index (χ0v) is 9.76. The molecule has 0 aliphatic carbocycles. The molecule has 1 atom stereocenters. The molecule has 0 saturated heterocycles. The van der Waals surface area contributed by atoms with Crippen molar-refractivity contribution in [2.45, 2.75) is 18.9 Å². The number of nitrogens with one attached hydrogen (secondary N) is 1. The fourth-order valence-electron chi connectivity index (χ4n) is 1.71. The number of hydrazine groups is 1. The van der Waals surface area contributed by atoms with Gasteiger partial charge in [0, 0.05) is 16.0 Å². The SMILES string of the molecule is C#CCCC(NN)c1cc2ccccc2s1. The van der Waals surface area contributed by atoms with Crippen LogP contribution < -0.4 is 11.3 Å². The molecule has 3 N–H and O–H groups in total. The van der Waals surface area contributed by atoms with Gasteiger partial charge in [-0.1, -0.05) is 18.2 Å². The largest absolute Gasteiger partial charge is 0.271 e. The van der Waals surface area contributed by atoms with Crippen molar-refractivity contribution in [3.8, 4) is 12.3 Å². The van der Waals surface area contributed by atoms with Crippen LogP contribution in [0.2, 0.25) is 0 Å². The number of thiophene rings is 1. The summed E-state index contributed by atoms with van der Waals surface area (Å²) >= 11 is 1.77. The molecule has 0 spiro atoms. The molecule has 2 nitrogen and oxygen atoms in total. The molecule has 0 radical (unpaired) electrons. The Balaban J connectivity index is 2.27. The van der Waals surface area contributed by atoms with Crippen LogP contribution in [0.1, 0.15) is 23.8 Å². The summed E-state index contributed by atoms with van der Waals surface area (Å²) < 4.78 is 1.29. The van der Waals surface area contributed by atoms with Crippen LogP contribution >= 0.6 is 11.3 Å². The average Bonchev–Trinajstić information content (AvgIpc) is 2.73. The van der Waals surface area contributed by atoms with Crippen LogP contribution in [0.25, 0.3) is 10.1 Å². The minimum Gasteiger partial charge on any atom is -0.271 e. The number of terminal acetylenes is 1. The molecule has 1 heterocycles. The van der Waals surface area contributed by atoms with Gasteiger partial charge in [-0.25, -0.2) is 0 Å². The molecule has 2 aromatic rings. The number of nitrogens with two attached hydrogens (primary N) is 1. The van der Waals surface area contributed by atoms with Crippen LogP contribution in [0.5, 0.6) is 0 Å². The first-order valence-corrected chi connectivity index (χ1v) is 6.05. The summed E-state index contributed by atoms with van der Waals surface area (Å²) in [5.41, 5.74) is 2.83. The van der Waals surface area contributed by atoms with E-state index in [9.17, 15) is 0 Å². The van der Waals surface area contributed by atoms with Crippen LogP contribution in [0.3, 0.4) is 0 Å². The van der Waals surface area contributed by atoms with Crippen molar-refractivity contribution >= 4 is 21.4 Å². The van der Waals surface area contributed by atoms with Crippen molar-refractivity contribution in [1.82, 2.24) is 5.43 Å². The minimum atomic E-state index is 0.161. The maximum absolute atomic E-state index is 5.56. The number of hydrogen-bond donors (Lipinski definition) is 2. The third kappa shape index (κ3) is 2.25. The molecule has 1 aromatic heterocycles. The number of benzene rings is 1. The molecular formula is C13H14N2S. The minimum absolute atomic E-state index is 0.161. The lowest BCUT2D eigenvalue weighted by molar-refractivity contribution is 0.532.